The summed E-state index contributed by atoms with van der Waals surface area (Å²) >= 11 is 5.91. The molecule has 0 atom stereocenters. The average Bonchev–Trinajstić information content (AvgIpc) is 3.02. The minimum atomic E-state index is -0.237. The summed E-state index contributed by atoms with van der Waals surface area (Å²) in [4.78, 5) is 21.3. The first-order valence-corrected chi connectivity index (χ1v) is 9.29. The highest BCUT2D eigenvalue weighted by Crippen LogP contribution is 2.14. The van der Waals surface area contributed by atoms with Gasteiger partial charge in [0, 0.05) is 37.7 Å². The molecule has 0 aliphatic carbocycles. The third-order valence-corrected chi connectivity index (χ3v) is 4.83. The number of aryl methyl sites for hydroxylation is 1. The molecule has 0 bridgehead atoms. The van der Waals surface area contributed by atoms with Crippen molar-refractivity contribution in [1.29, 1.82) is 0 Å². The zero-order chi connectivity index (χ0) is 18.5. The summed E-state index contributed by atoms with van der Waals surface area (Å²) in [5, 5.41) is 7.89. The van der Waals surface area contributed by atoms with Crippen molar-refractivity contribution < 1.29 is 4.79 Å². The van der Waals surface area contributed by atoms with Crippen molar-refractivity contribution in [1.82, 2.24) is 29.9 Å². The van der Waals surface area contributed by atoms with Crippen molar-refractivity contribution in [3.05, 3.63) is 40.9 Å². The number of hydrogen-bond acceptors (Lipinski definition) is 5. The topological polar surface area (TPSA) is 66.3 Å². The van der Waals surface area contributed by atoms with Gasteiger partial charge in [0.25, 0.3) is 5.91 Å². The van der Waals surface area contributed by atoms with Crippen LogP contribution in [0.2, 0.25) is 5.02 Å². The Labute approximate surface area is 158 Å². The monoisotopic (exact) mass is 376 g/mol. The minimum absolute atomic E-state index is 0.192. The van der Waals surface area contributed by atoms with Crippen LogP contribution >= 0.6 is 11.6 Å². The van der Waals surface area contributed by atoms with E-state index in [1.54, 1.807) is 16.8 Å². The van der Waals surface area contributed by atoms with Gasteiger partial charge < -0.3 is 15.1 Å². The number of halogens is 1. The van der Waals surface area contributed by atoms with E-state index in [1.807, 2.05) is 19.1 Å². The number of hydrogen-bond donors (Lipinski definition) is 1. The summed E-state index contributed by atoms with van der Waals surface area (Å²) in [6.07, 6.45) is 0.923. The second-order valence-electron chi connectivity index (χ2n) is 6.63. The molecule has 1 aliphatic rings. The molecule has 1 aromatic heterocycles. The second-order valence-corrected chi connectivity index (χ2v) is 7.06. The molecular weight excluding hydrogens is 352 g/mol. The fourth-order valence-electron chi connectivity index (χ4n) is 2.97. The Morgan fingerprint density at radius 2 is 1.88 bits per heavy atom. The van der Waals surface area contributed by atoms with E-state index in [9.17, 15) is 4.79 Å². The van der Waals surface area contributed by atoms with Gasteiger partial charge in [0.15, 0.2) is 0 Å². The van der Waals surface area contributed by atoms with Crippen LogP contribution in [-0.4, -0.2) is 76.8 Å². The fourth-order valence-corrected chi connectivity index (χ4v) is 3.09. The zero-order valence-corrected chi connectivity index (χ0v) is 16.0. The van der Waals surface area contributed by atoms with Gasteiger partial charge in [0.1, 0.15) is 5.82 Å². The molecule has 0 unspecified atom stereocenters. The van der Waals surface area contributed by atoms with Crippen molar-refractivity contribution in [2.75, 3.05) is 46.3 Å². The lowest BCUT2D eigenvalue weighted by Gasteiger charge is -2.32. The second kappa shape index (κ2) is 8.62. The highest BCUT2D eigenvalue weighted by Gasteiger charge is 2.16. The van der Waals surface area contributed by atoms with Crippen molar-refractivity contribution in [2.45, 2.75) is 13.3 Å². The molecule has 3 rings (SSSR count). The van der Waals surface area contributed by atoms with Gasteiger partial charge in [-0.3, -0.25) is 4.79 Å². The quantitative estimate of drug-likeness (QED) is 0.776. The van der Waals surface area contributed by atoms with Gasteiger partial charge in [-0.1, -0.05) is 11.6 Å². The maximum Gasteiger partial charge on any atom is 0.290 e. The Morgan fingerprint density at radius 3 is 2.58 bits per heavy atom. The molecule has 8 heteroatoms. The lowest BCUT2D eigenvalue weighted by molar-refractivity contribution is 0.0939. The van der Waals surface area contributed by atoms with E-state index in [4.69, 9.17) is 11.6 Å². The average molecular weight is 377 g/mol. The molecule has 0 spiro atoms. The van der Waals surface area contributed by atoms with Gasteiger partial charge in [-0.05, 0) is 51.2 Å². The number of nitrogens with zero attached hydrogens (tertiary/aromatic N) is 5. The Balaban J connectivity index is 1.49. The largest absolute Gasteiger partial charge is 0.349 e. The van der Waals surface area contributed by atoms with Crippen LogP contribution in [0.4, 0.5) is 0 Å². The van der Waals surface area contributed by atoms with E-state index in [2.05, 4.69) is 32.2 Å². The molecule has 1 aliphatic heterocycles. The summed E-state index contributed by atoms with van der Waals surface area (Å²) in [5.41, 5.74) is 0.827. The highest BCUT2D eigenvalue weighted by molar-refractivity contribution is 6.30. The van der Waals surface area contributed by atoms with Gasteiger partial charge >= 0.3 is 0 Å². The predicted octanol–water partition coefficient (Wildman–Crippen LogP) is 1.60. The zero-order valence-electron chi connectivity index (χ0n) is 15.3. The van der Waals surface area contributed by atoms with Crippen molar-refractivity contribution >= 4 is 17.5 Å². The number of likely N-dealkylation sites (N-methyl/N-ethyl adjacent to an activating group) is 1. The van der Waals surface area contributed by atoms with E-state index in [1.165, 1.54) is 0 Å². The van der Waals surface area contributed by atoms with Crippen LogP contribution in [0.3, 0.4) is 0 Å². The molecule has 2 aromatic rings. The normalized spacial score (nSPS) is 16.0. The molecule has 1 fully saturated rings. The Morgan fingerprint density at radius 1 is 1.19 bits per heavy atom. The van der Waals surface area contributed by atoms with Crippen LogP contribution in [0.1, 0.15) is 22.9 Å². The van der Waals surface area contributed by atoms with Crippen molar-refractivity contribution in [2.24, 2.45) is 0 Å². The summed E-state index contributed by atoms with van der Waals surface area (Å²) < 4.78 is 1.65. The molecule has 1 saturated heterocycles. The molecule has 1 amide bonds. The standard InChI is InChI=1S/C18H25ClN6O/c1-14-21-17(22-25(14)16-6-4-15(19)5-7-16)18(26)20-8-3-9-24-12-10-23(2)11-13-24/h4-7H,3,8-13H2,1-2H3,(H,20,26). The molecule has 1 aromatic carbocycles. The molecule has 26 heavy (non-hydrogen) atoms. The molecule has 0 saturated carbocycles. The molecular formula is C18H25ClN6O. The summed E-state index contributed by atoms with van der Waals surface area (Å²) in [6, 6.07) is 7.27. The molecule has 2 heterocycles. The van der Waals surface area contributed by atoms with Crippen LogP contribution in [0.5, 0.6) is 0 Å². The van der Waals surface area contributed by atoms with Crippen LogP contribution < -0.4 is 5.32 Å². The van der Waals surface area contributed by atoms with Gasteiger partial charge in [-0.2, -0.15) is 0 Å². The number of aromatic nitrogens is 3. The smallest absolute Gasteiger partial charge is 0.290 e. The third kappa shape index (κ3) is 4.81. The number of nitrogens with one attached hydrogen (secondary N) is 1. The first kappa shape index (κ1) is 18.8. The maximum atomic E-state index is 12.3. The van der Waals surface area contributed by atoms with Crippen LogP contribution in [-0.2, 0) is 0 Å². The van der Waals surface area contributed by atoms with Gasteiger partial charge in [-0.25, -0.2) is 9.67 Å². The molecule has 7 nitrogen and oxygen atoms in total. The summed E-state index contributed by atoms with van der Waals surface area (Å²) in [5.74, 6) is 0.617. The number of benzene rings is 1. The first-order valence-electron chi connectivity index (χ1n) is 8.91. The van der Waals surface area contributed by atoms with Gasteiger partial charge in [-0.15, -0.1) is 5.10 Å². The molecule has 0 radical (unpaired) electrons. The molecule has 1 N–H and O–H groups in total. The number of carbonyl (C=O) groups is 1. The summed E-state index contributed by atoms with van der Waals surface area (Å²) in [6.45, 7) is 7.86. The van der Waals surface area contributed by atoms with Crippen molar-refractivity contribution in [3.63, 3.8) is 0 Å². The van der Waals surface area contributed by atoms with Crippen LogP contribution in [0.15, 0.2) is 24.3 Å². The molecule has 140 valence electrons. The minimum Gasteiger partial charge on any atom is -0.349 e. The number of rotatable bonds is 6. The number of piperazine rings is 1. The number of carbonyl (C=O) groups excluding carboxylic acids is 1. The maximum absolute atomic E-state index is 12.3. The Bertz CT molecular complexity index is 737. The summed E-state index contributed by atoms with van der Waals surface area (Å²) in [7, 11) is 2.15. The lowest BCUT2D eigenvalue weighted by atomic mass is 10.3. The first-order chi connectivity index (χ1) is 12.5. The van der Waals surface area contributed by atoms with Crippen LogP contribution in [0, 0.1) is 6.92 Å². The van der Waals surface area contributed by atoms with Gasteiger partial charge in [0.05, 0.1) is 5.69 Å². The highest BCUT2D eigenvalue weighted by atomic mass is 35.5. The Kier molecular flexibility index (Phi) is 6.24. The van der Waals surface area contributed by atoms with E-state index in [-0.39, 0.29) is 11.7 Å². The van der Waals surface area contributed by atoms with E-state index >= 15 is 0 Å². The fraction of sp³-hybridized carbons (Fsp3) is 0.500. The Hall–Kier alpha value is -1.96. The van der Waals surface area contributed by atoms with Crippen LogP contribution in [0.25, 0.3) is 5.69 Å². The predicted molar refractivity (Wildman–Crippen MR) is 102 cm³/mol. The van der Waals surface area contributed by atoms with Gasteiger partial charge in [0.2, 0.25) is 5.82 Å². The SMILES string of the molecule is Cc1nc(C(=O)NCCCN2CCN(C)CC2)nn1-c1ccc(Cl)cc1. The van der Waals surface area contributed by atoms with E-state index in [0.29, 0.717) is 17.4 Å². The number of amides is 1. The van der Waals surface area contributed by atoms with Crippen molar-refractivity contribution in [3.8, 4) is 5.69 Å². The lowest BCUT2D eigenvalue weighted by Crippen LogP contribution is -2.45. The third-order valence-electron chi connectivity index (χ3n) is 4.58. The van der Waals surface area contributed by atoms with E-state index in [0.717, 1.165) is 44.8 Å². The van der Waals surface area contributed by atoms with E-state index < -0.39 is 0 Å².